The standard InChI is InChI=1S/C12H24N2O3/c1-11(17,9-15)8-14-10(16)7-12(13)5-3-2-4-6-12/h15,17H,2-9,13H2,1H3,(H,14,16). The summed E-state index contributed by atoms with van der Waals surface area (Å²) in [7, 11) is 0. The molecule has 17 heavy (non-hydrogen) atoms. The Morgan fingerprint density at radius 2 is 2.00 bits per heavy atom. The summed E-state index contributed by atoms with van der Waals surface area (Å²) in [5, 5.41) is 21.0. The van der Waals surface area contributed by atoms with E-state index in [4.69, 9.17) is 10.8 Å². The van der Waals surface area contributed by atoms with Crippen LogP contribution >= 0.6 is 0 Å². The molecule has 1 rings (SSSR count). The highest BCUT2D eigenvalue weighted by atomic mass is 16.3. The Labute approximate surface area is 102 Å². The minimum absolute atomic E-state index is 0.0540. The zero-order valence-corrected chi connectivity index (χ0v) is 10.5. The molecule has 5 heteroatoms. The first kappa shape index (κ1) is 14.4. The second-order valence-corrected chi connectivity index (χ2v) is 5.53. The van der Waals surface area contributed by atoms with Gasteiger partial charge < -0.3 is 21.3 Å². The highest BCUT2D eigenvalue weighted by Gasteiger charge is 2.30. The molecule has 100 valence electrons. The summed E-state index contributed by atoms with van der Waals surface area (Å²) in [6, 6.07) is 0. The second kappa shape index (κ2) is 5.80. The minimum atomic E-state index is -1.26. The van der Waals surface area contributed by atoms with Crippen molar-refractivity contribution in [1.82, 2.24) is 5.32 Å². The van der Waals surface area contributed by atoms with Crippen LogP contribution in [0.3, 0.4) is 0 Å². The summed E-state index contributed by atoms with van der Waals surface area (Å²) in [5.74, 6) is -0.150. The largest absolute Gasteiger partial charge is 0.393 e. The topological polar surface area (TPSA) is 95.6 Å². The first-order chi connectivity index (χ1) is 7.87. The molecule has 1 atom stereocenters. The van der Waals surface area contributed by atoms with Crippen molar-refractivity contribution < 1.29 is 15.0 Å². The maximum Gasteiger partial charge on any atom is 0.221 e. The van der Waals surface area contributed by atoms with Gasteiger partial charge in [-0.1, -0.05) is 19.3 Å². The summed E-state index contributed by atoms with van der Waals surface area (Å²) >= 11 is 0. The van der Waals surface area contributed by atoms with Gasteiger partial charge >= 0.3 is 0 Å². The number of hydrogen-bond acceptors (Lipinski definition) is 4. The molecule has 0 aromatic rings. The van der Waals surface area contributed by atoms with E-state index in [1.54, 1.807) is 0 Å². The van der Waals surface area contributed by atoms with Crippen LogP contribution in [-0.4, -0.2) is 40.4 Å². The average Bonchev–Trinajstić information content (AvgIpc) is 2.27. The molecule has 0 heterocycles. The number of nitrogens with two attached hydrogens (primary N) is 1. The van der Waals surface area contributed by atoms with Gasteiger partial charge in [-0.2, -0.15) is 0 Å². The molecule has 0 aromatic heterocycles. The second-order valence-electron chi connectivity index (χ2n) is 5.53. The van der Waals surface area contributed by atoms with Crippen molar-refractivity contribution in [3.05, 3.63) is 0 Å². The summed E-state index contributed by atoms with van der Waals surface area (Å²) in [6.45, 7) is 1.16. The Bertz CT molecular complexity index is 260. The molecular weight excluding hydrogens is 220 g/mol. The van der Waals surface area contributed by atoms with Crippen LogP contribution in [0.1, 0.15) is 45.4 Å². The van der Waals surface area contributed by atoms with Gasteiger partial charge in [0.2, 0.25) is 5.91 Å². The molecule has 1 amide bonds. The molecule has 1 aliphatic carbocycles. The van der Waals surface area contributed by atoms with Crippen molar-refractivity contribution in [2.45, 2.75) is 56.6 Å². The maximum atomic E-state index is 11.7. The lowest BCUT2D eigenvalue weighted by Gasteiger charge is -2.33. The van der Waals surface area contributed by atoms with Gasteiger partial charge in [-0.15, -0.1) is 0 Å². The van der Waals surface area contributed by atoms with Gasteiger partial charge in [-0.05, 0) is 19.8 Å². The van der Waals surface area contributed by atoms with Gasteiger partial charge in [-0.3, -0.25) is 4.79 Å². The molecular formula is C12H24N2O3. The maximum absolute atomic E-state index is 11.7. The normalized spacial score (nSPS) is 22.8. The van der Waals surface area contributed by atoms with Crippen molar-refractivity contribution in [1.29, 1.82) is 0 Å². The monoisotopic (exact) mass is 244 g/mol. The van der Waals surface area contributed by atoms with Gasteiger partial charge in [0.05, 0.1) is 6.61 Å². The molecule has 0 spiro atoms. The number of amides is 1. The van der Waals surface area contributed by atoms with Crippen LogP contribution < -0.4 is 11.1 Å². The Kier molecular flexibility index (Phi) is 4.91. The fourth-order valence-electron chi connectivity index (χ4n) is 2.16. The molecule has 0 aliphatic heterocycles. The van der Waals surface area contributed by atoms with E-state index in [1.807, 2.05) is 0 Å². The molecule has 0 bridgehead atoms. The van der Waals surface area contributed by atoms with Crippen molar-refractivity contribution in [2.24, 2.45) is 5.73 Å². The molecule has 1 saturated carbocycles. The lowest BCUT2D eigenvalue weighted by molar-refractivity contribution is -0.124. The third-order valence-corrected chi connectivity index (χ3v) is 3.37. The minimum Gasteiger partial charge on any atom is -0.393 e. The third kappa shape index (κ3) is 5.02. The molecule has 1 fully saturated rings. The Morgan fingerprint density at radius 3 is 2.53 bits per heavy atom. The predicted octanol–water partition coefficient (Wildman–Crippen LogP) is -0.102. The third-order valence-electron chi connectivity index (χ3n) is 3.37. The van der Waals surface area contributed by atoms with Gasteiger partial charge in [0.15, 0.2) is 0 Å². The van der Waals surface area contributed by atoms with Crippen LogP contribution in [0.4, 0.5) is 0 Å². The van der Waals surface area contributed by atoms with E-state index in [0.29, 0.717) is 6.42 Å². The predicted molar refractivity (Wildman–Crippen MR) is 65.3 cm³/mol. The lowest BCUT2D eigenvalue weighted by atomic mass is 9.80. The van der Waals surface area contributed by atoms with Crippen molar-refractivity contribution in [3.63, 3.8) is 0 Å². The van der Waals surface area contributed by atoms with E-state index in [-0.39, 0.29) is 24.6 Å². The van der Waals surface area contributed by atoms with Gasteiger partial charge in [0, 0.05) is 18.5 Å². The van der Waals surface area contributed by atoms with Gasteiger partial charge in [0.25, 0.3) is 0 Å². The van der Waals surface area contributed by atoms with Gasteiger partial charge in [-0.25, -0.2) is 0 Å². The number of aliphatic hydroxyl groups excluding tert-OH is 1. The van der Waals surface area contributed by atoms with E-state index in [9.17, 15) is 9.90 Å². The van der Waals surface area contributed by atoms with Crippen LogP contribution in [-0.2, 0) is 4.79 Å². The van der Waals surface area contributed by atoms with Crippen molar-refractivity contribution in [3.8, 4) is 0 Å². The van der Waals surface area contributed by atoms with Crippen LogP contribution in [0.25, 0.3) is 0 Å². The van der Waals surface area contributed by atoms with Crippen LogP contribution in [0.15, 0.2) is 0 Å². The fourth-order valence-corrected chi connectivity index (χ4v) is 2.16. The van der Waals surface area contributed by atoms with E-state index in [0.717, 1.165) is 25.7 Å². The van der Waals surface area contributed by atoms with Crippen LogP contribution in [0.2, 0.25) is 0 Å². The van der Waals surface area contributed by atoms with Crippen molar-refractivity contribution >= 4 is 5.91 Å². The zero-order valence-electron chi connectivity index (χ0n) is 10.5. The number of nitrogens with one attached hydrogen (secondary N) is 1. The molecule has 5 nitrogen and oxygen atoms in total. The smallest absolute Gasteiger partial charge is 0.221 e. The van der Waals surface area contributed by atoms with E-state index in [1.165, 1.54) is 13.3 Å². The Balaban J connectivity index is 2.33. The first-order valence-electron chi connectivity index (χ1n) is 6.26. The van der Waals surface area contributed by atoms with E-state index in [2.05, 4.69) is 5.32 Å². The zero-order chi connectivity index (χ0) is 12.9. The quantitative estimate of drug-likeness (QED) is 0.543. The molecule has 0 radical (unpaired) electrons. The molecule has 0 saturated heterocycles. The molecule has 0 aromatic carbocycles. The highest BCUT2D eigenvalue weighted by Crippen LogP contribution is 2.28. The van der Waals surface area contributed by atoms with Crippen LogP contribution in [0.5, 0.6) is 0 Å². The SMILES string of the molecule is CC(O)(CO)CNC(=O)CC1(N)CCCCC1. The summed E-state index contributed by atoms with van der Waals surface area (Å²) < 4.78 is 0. The Hall–Kier alpha value is -0.650. The molecule has 1 aliphatic rings. The molecule has 1 unspecified atom stereocenters. The first-order valence-corrected chi connectivity index (χ1v) is 6.26. The number of hydrogen-bond donors (Lipinski definition) is 4. The fraction of sp³-hybridized carbons (Fsp3) is 0.917. The Morgan fingerprint density at radius 1 is 1.41 bits per heavy atom. The van der Waals surface area contributed by atoms with Crippen LogP contribution in [0, 0.1) is 0 Å². The lowest BCUT2D eigenvalue weighted by Crippen LogP contribution is -2.49. The molecule has 5 N–H and O–H groups in total. The number of carbonyl (C=O) groups excluding carboxylic acids is 1. The average molecular weight is 244 g/mol. The summed E-state index contributed by atoms with van der Waals surface area (Å²) in [6.07, 6.45) is 5.43. The summed E-state index contributed by atoms with van der Waals surface area (Å²) in [4.78, 5) is 11.7. The number of carbonyl (C=O) groups is 1. The van der Waals surface area contributed by atoms with E-state index >= 15 is 0 Å². The van der Waals surface area contributed by atoms with Crippen molar-refractivity contribution in [2.75, 3.05) is 13.2 Å². The number of aliphatic hydroxyl groups is 2. The highest BCUT2D eigenvalue weighted by molar-refractivity contribution is 5.77. The summed E-state index contributed by atoms with van der Waals surface area (Å²) in [5.41, 5.74) is 4.52. The number of rotatable bonds is 5. The van der Waals surface area contributed by atoms with E-state index < -0.39 is 5.60 Å². The van der Waals surface area contributed by atoms with Gasteiger partial charge in [0.1, 0.15) is 5.60 Å².